The lowest BCUT2D eigenvalue weighted by Gasteiger charge is -2.17. The van der Waals surface area contributed by atoms with Crippen LogP contribution in [0.1, 0.15) is 19.8 Å². The number of hydrogen-bond donors (Lipinski definition) is 3. The van der Waals surface area contributed by atoms with Crippen LogP contribution in [0.5, 0.6) is 5.75 Å². The predicted molar refractivity (Wildman–Crippen MR) is 95.7 cm³/mol. The number of sulfone groups is 1. The third-order valence-corrected chi connectivity index (χ3v) is 5.86. The quantitative estimate of drug-likeness (QED) is 0.637. The van der Waals surface area contributed by atoms with E-state index in [1.807, 2.05) is 0 Å². The Morgan fingerprint density at radius 3 is 2.61 bits per heavy atom. The van der Waals surface area contributed by atoms with Crippen LogP contribution in [0.15, 0.2) is 40.4 Å². The van der Waals surface area contributed by atoms with Crippen molar-refractivity contribution in [3.05, 3.63) is 30.5 Å². The molecule has 1 unspecified atom stereocenters. The summed E-state index contributed by atoms with van der Waals surface area (Å²) < 4.78 is 69.2. The number of halogens is 3. The summed E-state index contributed by atoms with van der Waals surface area (Å²) in [6.45, 7) is 1.49. The van der Waals surface area contributed by atoms with E-state index in [0.717, 1.165) is 31.0 Å². The van der Waals surface area contributed by atoms with Gasteiger partial charge in [0.05, 0.1) is 22.4 Å². The fourth-order valence-corrected chi connectivity index (χ4v) is 4.39. The second kappa shape index (κ2) is 7.21. The molecule has 0 spiro atoms. The Morgan fingerprint density at radius 1 is 1.36 bits per heavy atom. The highest BCUT2D eigenvalue weighted by molar-refractivity contribution is 7.91. The van der Waals surface area contributed by atoms with Crippen LogP contribution < -0.4 is 15.8 Å². The minimum Gasteiger partial charge on any atom is -0.406 e. The summed E-state index contributed by atoms with van der Waals surface area (Å²) in [7, 11) is -4.13. The summed E-state index contributed by atoms with van der Waals surface area (Å²) in [6.07, 6.45) is -2.76. The molecule has 0 aliphatic heterocycles. The van der Waals surface area contributed by atoms with E-state index in [2.05, 4.69) is 10.1 Å². The Kier molecular flexibility index (Phi) is 5.24. The van der Waals surface area contributed by atoms with Gasteiger partial charge in [-0.2, -0.15) is 0 Å². The van der Waals surface area contributed by atoms with Crippen molar-refractivity contribution in [1.82, 2.24) is 4.57 Å². The van der Waals surface area contributed by atoms with Crippen LogP contribution in [0.4, 0.5) is 24.5 Å². The molecule has 28 heavy (non-hydrogen) atoms. The fourth-order valence-electron chi connectivity index (χ4n) is 2.78. The van der Waals surface area contributed by atoms with Gasteiger partial charge in [0.15, 0.2) is 0 Å². The number of benzene rings is 1. The van der Waals surface area contributed by atoms with Gasteiger partial charge in [-0.05, 0) is 38.0 Å². The Morgan fingerprint density at radius 2 is 2.04 bits per heavy atom. The van der Waals surface area contributed by atoms with Crippen LogP contribution in [-0.2, 0) is 16.4 Å². The van der Waals surface area contributed by atoms with E-state index >= 15 is 0 Å². The molecule has 0 amide bonds. The molecule has 1 aromatic carbocycles. The van der Waals surface area contributed by atoms with E-state index in [0.29, 0.717) is 0 Å². The minimum atomic E-state index is -4.89. The van der Waals surface area contributed by atoms with Gasteiger partial charge in [-0.25, -0.2) is 8.42 Å². The van der Waals surface area contributed by atoms with Crippen molar-refractivity contribution in [2.45, 2.75) is 54.7 Å². The number of aliphatic hydroxyl groups excluding tert-OH is 1. The van der Waals surface area contributed by atoms with Gasteiger partial charge in [-0.3, -0.25) is 0 Å². The fraction of sp³-hybridized carbons (Fsp3) is 0.412. The SMILES string of the molecule is CC(O)Cn1cc(N)cc1S(=O)(=O)c1ccc(OC(F)(F)F)cc1NC1CC1. The number of ether oxygens (including phenoxy) is 1. The number of hydrogen-bond acceptors (Lipinski definition) is 6. The number of rotatable bonds is 7. The summed E-state index contributed by atoms with van der Waals surface area (Å²) in [5.41, 5.74) is 5.93. The Hall–Kier alpha value is -2.40. The Balaban J connectivity index is 2.06. The highest BCUT2D eigenvalue weighted by atomic mass is 32.2. The number of anilines is 2. The normalized spacial score (nSPS) is 16.0. The molecule has 1 atom stereocenters. The average Bonchev–Trinajstić information content (AvgIpc) is 3.26. The zero-order valence-electron chi connectivity index (χ0n) is 14.9. The van der Waals surface area contributed by atoms with Crippen molar-refractivity contribution in [1.29, 1.82) is 0 Å². The number of nitrogens with zero attached hydrogens (tertiary/aromatic N) is 1. The van der Waals surface area contributed by atoms with Gasteiger partial charge in [-0.15, -0.1) is 13.2 Å². The average molecular weight is 419 g/mol. The first-order valence-electron chi connectivity index (χ1n) is 8.51. The lowest BCUT2D eigenvalue weighted by atomic mass is 10.3. The molecule has 4 N–H and O–H groups in total. The lowest BCUT2D eigenvalue weighted by Crippen LogP contribution is -2.19. The molecule has 0 saturated heterocycles. The Bertz CT molecular complexity index is 967. The molecule has 1 aromatic heterocycles. The highest BCUT2D eigenvalue weighted by Gasteiger charge is 2.33. The summed E-state index contributed by atoms with van der Waals surface area (Å²) in [4.78, 5) is -0.195. The number of nitrogens with two attached hydrogens (primary N) is 1. The summed E-state index contributed by atoms with van der Waals surface area (Å²) in [5, 5.41) is 12.4. The third kappa shape index (κ3) is 4.71. The van der Waals surface area contributed by atoms with E-state index in [4.69, 9.17) is 5.73 Å². The van der Waals surface area contributed by atoms with Crippen LogP contribution in [0.3, 0.4) is 0 Å². The van der Waals surface area contributed by atoms with Crippen molar-refractivity contribution in [3.8, 4) is 5.75 Å². The van der Waals surface area contributed by atoms with Gasteiger partial charge in [-0.1, -0.05) is 0 Å². The number of aliphatic hydroxyl groups is 1. The Labute approximate surface area is 159 Å². The van der Waals surface area contributed by atoms with Gasteiger partial charge in [0.1, 0.15) is 10.8 Å². The van der Waals surface area contributed by atoms with Gasteiger partial charge >= 0.3 is 6.36 Å². The molecule has 1 aliphatic carbocycles. The molecular weight excluding hydrogens is 399 g/mol. The molecule has 2 aromatic rings. The largest absolute Gasteiger partial charge is 0.573 e. The smallest absolute Gasteiger partial charge is 0.406 e. The maximum atomic E-state index is 13.2. The van der Waals surface area contributed by atoms with E-state index in [1.165, 1.54) is 23.8 Å². The molecule has 1 saturated carbocycles. The number of nitrogens with one attached hydrogen (secondary N) is 1. The second-order valence-electron chi connectivity index (χ2n) is 6.74. The molecule has 0 radical (unpaired) electrons. The number of aromatic nitrogens is 1. The highest BCUT2D eigenvalue weighted by Crippen LogP contribution is 2.36. The molecule has 7 nitrogen and oxygen atoms in total. The molecule has 11 heteroatoms. The maximum Gasteiger partial charge on any atom is 0.573 e. The van der Waals surface area contributed by atoms with Crippen LogP contribution in [0, 0.1) is 0 Å². The summed E-state index contributed by atoms with van der Waals surface area (Å²) in [5.74, 6) is -0.520. The molecule has 0 bridgehead atoms. The zero-order valence-corrected chi connectivity index (χ0v) is 15.7. The second-order valence-corrected chi connectivity index (χ2v) is 8.61. The molecule has 154 valence electrons. The van der Waals surface area contributed by atoms with Gasteiger partial charge in [0.2, 0.25) is 9.84 Å². The lowest BCUT2D eigenvalue weighted by molar-refractivity contribution is -0.274. The van der Waals surface area contributed by atoms with Crippen molar-refractivity contribution >= 4 is 21.2 Å². The third-order valence-electron chi connectivity index (χ3n) is 4.03. The maximum absolute atomic E-state index is 13.2. The number of nitrogen functional groups attached to an aromatic ring is 1. The molecular formula is C17H20F3N3O4S. The van der Waals surface area contributed by atoms with E-state index < -0.39 is 28.1 Å². The number of alkyl halides is 3. The molecule has 1 aliphatic rings. The van der Waals surface area contributed by atoms with Gasteiger partial charge < -0.3 is 25.5 Å². The monoisotopic (exact) mass is 419 g/mol. The standard InChI is InChI=1S/C17H20F3N3O4S/c1-10(24)8-23-9-11(21)6-16(23)28(25,26)15-5-4-13(27-17(18,19)20)7-14(15)22-12-2-3-12/h4-7,9-10,12,22,24H,2-3,8,21H2,1H3. The van der Waals surface area contributed by atoms with Crippen LogP contribution in [0.25, 0.3) is 0 Å². The van der Waals surface area contributed by atoms with Crippen LogP contribution in [-0.4, -0.2) is 36.6 Å². The van der Waals surface area contributed by atoms with E-state index in [1.54, 1.807) is 0 Å². The first-order chi connectivity index (χ1) is 13.0. The van der Waals surface area contributed by atoms with E-state index in [-0.39, 0.29) is 33.9 Å². The van der Waals surface area contributed by atoms with E-state index in [9.17, 15) is 26.7 Å². The summed E-state index contributed by atoms with van der Waals surface area (Å²) in [6, 6.07) is 4.27. The first kappa shape index (κ1) is 20.3. The first-order valence-corrected chi connectivity index (χ1v) is 9.99. The topological polar surface area (TPSA) is 107 Å². The molecule has 3 rings (SSSR count). The van der Waals surface area contributed by atoms with Gasteiger partial charge in [0, 0.05) is 24.8 Å². The predicted octanol–water partition coefficient (Wildman–Crippen LogP) is 2.76. The van der Waals surface area contributed by atoms with Crippen molar-refractivity contribution < 1.29 is 31.4 Å². The van der Waals surface area contributed by atoms with Crippen LogP contribution >= 0.6 is 0 Å². The van der Waals surface area contributed by atoms with Crippen molar-refractivity contribution in [3.63, 3.8) is 0 Å². The van der Waals surface area contributed by atoms with Crippen molar-refractivity contribution in [2.24, 2.45) is 0 Å². The van der Waals surface area contributed by atoms with Gasteiger partial charge in [0.25, 0.3) is 0 Å². The minimum absolute atomic E-state index is 0.00752. The zero-order chi connectivity index (χ0) is 20.7. The summed E-state index contributed by atoms with van der Waals surface area (Å²) >= 11 is 0. The molecule has 1 fully saturated rings. The van der Waals surface area contributed by atoms with Crippen LogP contribution in [0.2, 0.25) is 0 Å². The molecule has 1 heterocycles. The van der Waals surface area contributed by atoms with Crippen molar-refractivity contribution in [2.75, 3.05) is 11.1 Å².